The van der Waals surface area contributed by atoms with Crippen LogP contribution in [0.2, 0.25) is 4.13 Å². The predicted molar refractivity (Wildman–Crippen MR) is 24.3 cm³/mol. The molecular formula is C2H5Bi2N. The summed E-state index contributed by atoms with van der Waals surface area (Å²) >= 11 is 2.85. The van der Waals surface area contributed by atoms with Gasteiger partial charge in [-0.25, -0.2) is 0 Å². The van der Waals surface area contributed by atoms with Crippen molar-refractivity contribution in [3.8, 4) is 0 Å². The Morgan fingerprint density at radius 3 is 2.20 bits per heavy atom. The van der Waals surface area contributed by atoms with E-state index in [0.29, 0.717) is 0 Å². The monoisotopic (exact) mass is 461 g/mol. The summed E-state index contributed by atoms with van der Waals surface area (Å²) in [7, 11) is 0. The number of nitrogens with one attached hydrogen (secondary N) is 1. The van der Waals surface area contributed by atoms with Crippen LogP contribution >= 0.6 is 0 Å². The first-order chi connectivity index (χ1) is 2.41. The fraction of sp³-hybridized carbons (Fsp3) is 1.00. The maximum atomic E-state index is 3.16. The molecule has 0 aliphatic heterocycles. The number of hydrogen-bond donors (Lipinski definition) is 1. The zero-order valence-corrected chi connectivity index (χ0v) is 9.76. The second-order valence-corrected chi connectivity index (χ2v) is 3.60. The minimum absolute atomic E-state index is 1.24. The molecule has 0 aliphatic carbocycles. The van der Waals surface area contributed by atoms with Crippen molar-refractivity contribution in [2.75, 3.05) is 6.54 Å². The first kappa shape index (κ1) is 6.73. The fourth-order valence-electron chi connectivity index (χ4n) is 0.0500. The van der Waals surface area contributed by atoms with Crippen LogP contribution in [0.1, 0.15) is 0 Å². The molecule has 0 aromatic carbocycles. The van der Waals surface area contributed by atoms with Crippen LogP contribution in [0.4, 0.5) is 0 Å². The molecule has 0 aromatic heterocycles. The van der Waals surface area contributed by atoms with Crippen molar-refractivity contribution in [2.45, 2.75) is 4.13 Å². The molecular weight excluding hydrogens is 456 g/mol. The van der Waals surface area contributed by atoms with E-state index in [1.54, 1.807) is 0 Å². The Balaban J connectivity index is 2.19. The van der Waals surface area contributed by atoms with E-state index in [2.05, 4.69) is 3.26 Å². The molecule has 0 bridgehead atoms. The van der Waals surface area contributed by atoms with Crippen molar-refractivity contribution in [3.05, 3.63) is 0 Å². The molecule has 0 spiro atoms. The van der Waals surface area contributed by atoms with Crippen molar-refractivity contribution in [1.82, 2.24) is 3.26 Å². The molecule has 0 aromatic rings. The summed E-state index contributed by atoms with van der Waals surface area (Å²) in [5, 5.41) is 0. The van der Waals surface area contributed by atoms with E-state index in [4.69, 9.17) is 0 Å². The molecule has 0 rings (SSSR count). The van der Waals surface area contributed by atoms with Gasteiger partial charge in [0.15, 0.2) is 0 Å². The van der Waals surface area contributed by atoms with Gasteiger partial charge in [-0.15, -0.1) is 0 Å². The van der Waals surface area contributed by atoms with E-state index in [1.807, 2.05) is 0 Å². The molecule has 28 valence electrons. The molecule has 3 heteroatoms. The molecule has 0 fully saturated rings. The van der Waals surface area contributed by atoms with Crippen LogP contribution in [0.3, 0.4) is 0 Å². The minimum atomic E-state index is 1.24. The topological polar surface area (TPSA) is 12.0 Å². The summed E-state index contributed by atoms with van der Waals surface area (Å²) in [6, 6.07) is 0. The Bertz CT molecular complexity index is 15.1. The Labute approximate surface area is 63.0 Å². The van der Waals surface area contributed by atoms with E-state index in [1.165, 1.54) is 60.4 Å². The SMILES string of the molecule is [Bi][CH2]C[NH][Bi]. The van der Waals surface area contributed by atoms with E-state index >= 15 is 0 Å². The first-order valence-corrected chi connectivity index (χ1v) is 5.59. The van der Waals surface area contributed by atoms with Crippen molar-refractivity contribution < 1.29 is 0 Å². The molecule has 0 amide bonds. The van der Waals surface area contributed by atoms with Gasteiger partial charge in [-0.2, -0.15) is 0 Å². The van der Waals surface area contributed by atoms with Gasteiger partial charge >= 0.3 is 63.7 Å². The van der Waals surface area contributed by atoms with E-state index in [-0.39, 0.29) is 0 Å². The number of rotatable bonds is 2. The molecule has 1 nitrogen and oxygen atoms in total. The quantitative estimate of drug-likeness (QED) is 0.535. The third-order valence-electron chi connectivity index (χ3n) is 0.224. The Kier molecular flexibility index (Phi) is 7.70. The standard InChI is InChI=1S/C2H5N.2Bi/c1-2-3;;/h3H,1-2H2;;/q-1;;+1. The van der Waals surface area contributed by atoms with Crippen molar-refractivity contribution in [3.63, 3.8) is 0 Å². The predicted octanol–water partition coefficient (Wildman–Crippen LogP) is -0.754. The Morgan fingerprint density at radius 1 is 1.60 bits per heavy atom. The summed E-state index contributed by atoms with van der Waals surface area (Å²) < 4.78 is 4.53. The van der Waals surface area contributed by atoms with Gasteiger partial charge in [0.25, 0.3) is 0 Å². The van der Waals surface area contributed by atoms with E-state index < -0.39 is 0 Å². The van der Waals surface area contributed by atoms with E-state index in [9.17, 15) is 0 Å². The van der Waals surface area contributed by atoms with Crippen LogP contribution in [0.5, 0.6) is 0 Å². The molecule has 4 radical (unpaired) electrons. The second kappa shape index (κ2) is 5.73. The van der Waals surface area contributed by atoms with Gasteiger partial charge < -0.3 is 0 Å². The van der Waals surface area contributed by atoms with Crippen LogP contribution in [-0.4, -0.2) is 56.3 Å². The van der Waals surface area contributed by atoms with Gasteiger partial charge in [0.2, 0.25) is 0 Å². The molecule has 1 N–H and O–H groups in total. The van der Waals surface area contributed by atoms with Gasteiger partial charge in [0.05, 0.1) is 0 Å². The zero-order chi connectivity index (χ0) is 4.12. The molecule has 0 saturated carbocycles. The third kappa shape index (κ3) is 5.73. The van der Waals surface area contributed by atoms with Gasteiger partial charge in [-0.05, 0) is 0 Å². The van der Waals surface area contributed by atoms with Gasteiger partial charge in [-0.3, -0.25) is 0 Å². The van der Waals surface area contributed by atoms with Crippen LogP contribution in [0.15, 0.2) is 0 Å². The molecule has 0 aliphatic rings. The fourth-order valence-corrected chi connectivity index (χ4v) is 3.85. The Hall–Kier alpha value is 1.73. The van der Waals surface area contributed by atoms with Crippen LogP contribution in [0.25, 0.3) is 0 Å². The normalized spacial score (nSPS) is 8.40. The van der Waals surface area contributed by atoms with Crippen molar-refractivity contribution in [2.24, 2.45) is 0 Å². The molecule has 0 heterocycles. The molecule has 5 heavy (non-hydrogen) atoms. The van der Waals surface area contributed by atoms with Crippen LogP contribution in [0, 0.1) is 0 Å². The van der Waals surface area contributed by atoms with Crippen molar-refractivity contribution in [1.29, 1.82) is 0 Å². The molecule has 0 unspecified atom stereocenters. The summed E-state index contributed by atoms with van der Waals surface area (Å²) in [6.07, 6.45) is 0. The third-order valence-corrected chi connectivity index (χ3v) is 1.96. The molecule has 0 saturated heterocycles. The first-order valence-electron chi connectivity index (χ1n) is 1.39. The van der Waals surface area contributed by atoms with Gasteiger partial charge in [0.1, 0.15) is 0 Å². The average molecular weight is 461 g/mol. The summed E-state index contributed by atoms with van der Waals surface area (Å²) in [6.45, 7) is 1.24. The van der Waals surface area contributed by atoms with Gasteiger partial charge in [0, 0.05) is 0 Å². The molecule has 0 atom stereocenters. The summed E-state index contributed by atoms with van der Waals surface area (Å²) in [5.74, 6) is 0. The van der Waals surface area contributed by atoms with Crippen molar-refractivity contribution >= 4 is 49.7 Å². The maximum absolute atomic E-state index is 3.16. The van der Waals surface area contributed by atoms with Crippen LogP contribution in [-0.2, 0) is 0 Å². The van der Waals surface area contributed by atoms with Gasteiger partial charge in [-0.1, -0.05) is 0 Å². The zero-order valence-electron chi connectivity index (χ0n) is 2.81. The number of hydrogen-bond acceptors (Lipinski definition) is 1. The summed E-state index contributed by atoms with van der Waals surface area (Å²) in [4.78, 5) is 0. The summed E-state index contributed by atoms with van der Waals surface area (Å²) in [5.41, 5.74) is 0. The van der Waals surface area contributed by atoms with Crippen LogP contribution < -0.4 is 3.26 Å². The second-order valence-electron chi connectivity index (χ2n) is 0.632. The van der Waals surface area contributed by atoms with E-state index in [0.717, 1.165) is 0 Å². The average Bonchev–Trinajstić information content (AvgIpc) is 1.41. The Morgan fingerprint density at radius 2 is 2.20 bits per heavy atom.